The molecule has 0 aliphatic heterocycles. The van der Waals surface area contributed by atoms with E-state index in [0.717, 1.165) is 11.1 Å². The zero-order chi connectivity index (χ0) is 18.6. The standard InChI is InChI=1S/C19H17ClN2O2S2/c20-17-11-21-12-18(19(17)25)26(23,24)22(13-15-7-3-1-4-8-15)14-16-9-5-2-6-10-16/h1-12H,13-14H2,(H,21,25). The van der Waals surface area contributed by atoms with Gasteiger partial charge in [0.1, 0.15) is 4.90 Å². The highest BCUT2D eigenvalue weighted by Gasteiger charge is 2.27. The van der Waals surface area contributed by atoms with Gasteiger partial charge in [0.15, 0.2) is 0 Å². The van der Waals surface area contributed by atoms with Crippen molar-refractivity contribution in [2.24, 2.45) is 0 Å². The Labute approximate surface area is 163 Å². The van der Waals surface area contributed by atoms with Gasteiger partial charge in [0.05, 0.1) is 9.53 Å². The van der Waals surface area contributed by atoms with Gasteiger partial charge in [0.25, 0.3) is 0 Å². The van der Waals surface area contributed by atoms with Crippen molar-refractivity contribution in [1.82, 2.24) is 9.29 Å². The lowest BCUT2D eigenvalue weighted by molar-refractivity contribution is 0.401. The monoisotopic (exact) mass is 404 g/mol. The van der Waals surface area contributed by atoms with E-state index in [1.807, 2.05) is 60.7 Å². The first kappa shape index (κ1) is 18.8. The van der Waals surface area contributed by atoms with E-state index in [2.05, 4.69) is 4.98 Å². The molecule has 0 fully saturated rings. The van der Waals surface area contributed by atoms with Gasteiger partial charge in [-0.05, 0) is 11.1 Å². The lowest BCUT2D eigenvalue weighted by atomic mass is 10.2. The van der Waals surface area contributed by atoms with Crippen LogP contribution in [-0.4, -0.2) is 17.7 Å². The molecule has 0 aliphatic carbocycles. The molecule has 0 unspecified atom stereocenters. The first-order valence-corrected chi connectivity index (χ1v) is 10.2. The van der Waals surface area contributed by atoms with Crippen molar-refractivity contribution in [3.63, 3.8) is 0 Å². The molecule has 0 amide bonds. The van der Waals surface area contributed by atoms with Gasteiger partial charge in [0.2, 0.25) is 10.0 Å². The topological polar surface area (TPSA) is 53.2 Å². The summed E-state index contributed by atoms with van der Waals surface area (Å²) in [5.74, 6) is 0. The second-order valence-electron chi connectivity index (χ2n) is 5.74. The first-order valence-electron chi connectivity index (χ1n) is 7.93. The molecule has 1 heterocycles. The number of sulfonamides is 1. The van der Waals surface area contributed by atoms with Gasteiger partial charge >= 0.3 is 0 Å². The Morgan fingerprint density at radius 3 is 1.88 bits per heavy atom. The normalized spacial score (nSPS) is 11.6. The molecule has 2 aromatic carbocycles. The number of H-pyrrole nitrogens is 1. The third-order valence-corrected chi connectivity index (χ3v) is 6.68. The summed E-state index contributed by atoms with van der Waals surface area (Å²) in [7, 11) is -3.84. The molecule has 26 heavy (non-hydrogen) atoms. The van der Waals surface area contributed by atoms with Crippen LogP contribution in [0.4, 0.5) is 0 Å². The fourth-order valence-corrected chi connectivity index (χ4v) is 4.70. The van der Waals surface area contributed by atoms with Gasteiger partial charge in [-0.3, -0.25) is 0 Å². The second kappa shape index (κ2) is 8.14. The third kappa shape index (κ3) is 4.22. The number of halogens is 1. The lowest BCUT2D eigenvalue weighted by Crippen LogP contribution is -2.30. The highest BCUT2D eigenvalue weighted by atomic mass is 35.5. The Kier molecular flexibility index (Phi) is 5.88. The van der Waals surface area contributed by atoms with Crippen LogP contribution in [0.5, 0.6) is 0 Å². The van der Waals surface area contributed by atoms with Crippen LogP contribution in [0.1, 0.15) is 11.1 Å². The fourth-order valence-electron chi connectivity index (χ4n) is 2.57. The van der Waals surface area contributed by atoms with Crippen molar-refractivity contribution in [2.75, 3.05) is 0 Å². The van der Waals surface area contributed by atoms with Crippen LogP contribution in [0.2, 0.25) is 5.02 Å². The number of rotatable bonds is 6. The Morgan fingerprint density at radius 1 is 0.885 bits per heavy atom. The zero-order valence-corrected chi connectivity index (χ0v) is 16.2. The minimum atomic E-state index is -3.84. The van der Waals surface area contributed by atoms with Crippen molar-refractivity contribution in [2.45, 2.75) is 18.0 Å². The summed E-state index contributed by atoms with van der Waals surface area (Å²) in [6.45, 7) is 0.471. The molecule has 0 saturated carbocycles. The number of pyridine rings is 1. The number of hydrogen-bond acceptors (Lipinski definition) is 3. The molecule has 134 valence electrons. The number of nitrogens with zero attached hydrogens (tertiary/aromatic N) is 1. The smallest absolute Gasteiger partial charge is 0.246 e. The maximum absolute atomic E-state index is 13.3. The Bertz CT molecular complexity index is 994. The van der Waals surface area contributed by atoms with Gasteiger partial charge in [-0.25, -0.2) is 8.42 Å². The van der Waals surface area contributed by atoms with Crippen molar-refractivity contribution in [3.05, 3.63) is 93.7 Å². The molecular weight excluding hydrogens is 388 g/mol. The molecule has 0 saturated heterocycles. The summed E-state index contributed by atoms with van der Waals surface area (Å²) in [5.41, 5.74) is 1.79. The van der Waals surface area contributed by atoms with Crippen LogP contribution in [0.15, 0.2) is 78.0 Å². The maximum Gasteiger partial charge on any atom is 0.246 e. The zero-order valence-electron chi connectivity index (χ0n) is 13.8. The predicted molar refractivity (Wildman–Crippen MR) is 106 cm³/mol. The Morgan fingerprint density at radius 2 is 1.38 bits per heavy atom. The van der Waals surface area contributed by atoms with E-state index in [-0.39, 0.29) is 27.5 Å². The summed E-state index contributed by atoms with van der Waals surface area (Å²) in [4.78, 5) is 2.76. The molecule has 0 bridgehead atoms. The van der Waals surface area contributed by atoms with E-state index < -0.39 is 10.0 Å². The molecule has 4 nitrogen and oxygen atoms in total. The number of hydrogen-bond donors (Lipinski definition) is 1. The number of aromatic nitrogens is 1. The molecule has 0 atom stereocenters. The van der Waals surface area contributed by atoms with E-state index in [4.69, 9.17) is 23.8 Å². The maximum atomic E-state index is 13.3. The van der Waals surface area contributed by atoms with Crippen LogP contribution in [0.3, 0.4) is 0 Å². The van der Waals surface area contributed by atoms with E-state index in [1.165, 1.54) is 16.7 Å². The van der Waals surface area contributed by atoms with E-state index in [0.29, 0.717) is 0 Å². The molecule has 0 aliphatic rings. The Balaban J connectivity index is 2.03. The van der Waals surface area contributed by atoms with Crippen LogP contribution < -0.4 is 0 Å². The molecule has 3 aromatic rings. The Hall–Kier alpha value is -1.99. The largest absolute Gasteiger partial charge is 0.365 e. The summed E-state index contributed by atoms with van der Waals surface area (Å²) < 4.78 is 28.1. The highest BCUT2D eigenvalue weighted by Crippen LogP contribution is 2.24. The summed E-state index contributed by atoms with van der Waals surface area (Å²) in [5, 5.41) is 0.209. The van der Waals surface area contributed by atoms with Crippen molar-refractivity contribution in [3.8, 4) is 0 Å². The minimum absolute atomic E-state index is 0.00635. The van der Waals surface area contributed by atoms with E-state index in [9.17, 15) is 8.42 Å². The van der Waals surface area contributed by atoms with E-state index >= 15 is 0 Å². The van der Waals surface area contributed by atoms with Gasteiger partial charge in [-0.1, -0.05) is 84.5 Å². The SMILES string of the molecule is O=S(=O)(c1c[nH]cc(Cl)c1=S)N(Cc1ccccc1)Cc1ccccc1. The molecular formula is C19H17ClN2O2S2. The van der Waals surface area contributed by atoms with Crippen LogP contribution in [0, 0.1) is 4.51 Å². The number of nitrogens with one attached hydrogen (secondary N) is 1. The summed E-state index contributed by atoms with van der Waals surface area (Å²) in [6.07, 6.45) is 2.86. The van der Waals surface area contributed by atoms with Gasteiger partial charge in [0, 0.05) is 25.5 Å². The fraction of sp³-hybridized carbons (Fsp3) is 0.105. The quantitative estimate of drug-likeness (QED) is 0.601. The van der Waals surface area contributed by atoms with E-state index in [1.54, 1.807) is 0 Å². The summed E-state index contributed by atoms with van der Waals surface area (Å²) in [6, 6.07) is 18.9. The molecule has 3 rings (SSSR count). The van der Waals surface area contributed by atoms with Crippen LogP contribution in [-0.2, 0) is 23.1 Å². The predicted octanol–water partition coefficient (Wildman–Crippen LogP) is 4.79. The van der Waals surface area contributed by atoms with Crippen molar-refractivity contribution in [1.29, 1.82) is 0 Å². The van der Waals surface area contributed by atoms with Crippen molar-refractivity contribution < 1.29 is 8.42 Å². The first-order chi connectivity index (χ1) is 12.5. The van der Waals surface area contributed by atoms with Gasteiger partial charge < -0.3 is 4.98 Å². The van der Waals surface area contributed by atoms with Crippen LogP contribution >= 0.6 is 23.8 Å². The summed E-state index contributed by atoms with van der Waals surface area (Å²) >= 11 is 11.3. The average molecular weight is 405 g/mol. The van der Waals surface area contributed by atoms with Gasteiger partial charge in [-0.15, -0.1) is 0 Å². The van der Waals surface area contributed by atoms with Crippen LogP contribution in [0.25, 0.3) is 0 Å². The third-order valence-electron chi connectivity index (χ3n) is 3.89. The van der Waals surface area contributed by atoms with Gasteiger partial charge in [-0.2, -0.15) is 4.31 Å². The van der Waals surface area contributed by atoms with Crippen molar-refractivity contribution >= 4 is 33.8 Å². The molecule has 1 aromatic heterocycles. The molecule has 0 spiro atoms. The highest BCUT2D eigenvalue weighted by molar-refractivity contribution is 7.89. The minimum Gasteiger partial charge on any atom is -0.365 e. The molecule has 7 heteroatoms. The molecule has 1 N–H and O–H groups in total. The second-order valence-corrected chi connectivity index (χ2v) is 8.46. The number of benzene rings is 2. The average Bonchev–Trinajstić information content (AvgIpc) is 2.65. The molecule has 0 radical (unpaired) electrons. The number of aromatic amines is 1. The lowest BCUT2D eigenvalue weighted by Gasteiger charge is -2.22.